The fourth-order valence-electron chi connectivity index (χ4n) is 1.45. The maximum absolute atomic E-state index is 11.5. The van der Waals surface area contributed by atoms with Crippen LogP contribution in [0.5, 0.6) is 0 Å². The van der Waals surface area contributed by atoms with Crippen molar-refractivity contribution in [3.05, 3.63) is 24.2 Å². The van der Waals surface area contributed by atoms with Crippen molar-refractivity contribution in [2.45, 2.75) is 38.7 Å². The summed E-state index contributed by atoms with van der Waals surface area (Å²) in [5.41, 5.74) is -0.872. The molecule has 0 saturated heterocycles. The van der Waals surface area contributed by atoms with E-state index in [0.717, 1.165) is 0 Å². The van der Waals surface area contributed by atoms with Crippen molar-refractivity contribution in [3.63, 3.8) is 0 Å². The quantitative estimate of drug-likeness (QED) is 0.622. The van der Waals surface area contributed by atoms with Crippen LogP contribution in [0.3, 0.4) is 0 Å². The van der Waals surface area contributed by atoms with Crippen LogP contribution in [0.2, 0.25) is 0 Å². The smallest absolute Gasteiger partial charge is 0.286 e. The zero-order valence-electron chi connectivity index (χ0n) is 11.9. The van der Waals surface area contributed by atoms with Crippen LogP contribution >= 0.6 is 0 Å². The Labute approximate surface area is 118 Å². The molecule has 0 bridgehead atoms. The lowest BCUT2D eigenvalue weighted by Gasteiger charge is -2.21. The van der Waals surface area contributed by atoms with E-state index >= 15 is 0 Å². The Hall–Kier alpha value is -1.82. The number of amides is 2. The normalized spacial score (nSPS) is 13.6. The van der Waals surface area contributed by atoms with Crippen LogP contribution in [0, 0.1) is 0 Å². The van der Waals surface area contributed by atoms with Crippen molar-refractivity contribution in [2.24, 2.45) is 0 Å². The maximum atomic E-state index is 11.5. The van der Waals surface area contributed by atoms with Crippen LogP contribution in [0.4, 0.5) is 0 Å². The van der Waals surface area contributed by atoms with E-state index in [1.54, 1.807) is 19.1 Å². The minimum absolute atomic E-state index is 0.133. The number of aliphatic hydroxyl groups is 1. The van der Waals surface area contributed by atoms with Gasteiger partial charge >= 0.3 is 0 Å². The second-order valence-corrected chi connectivity index (χ2v) is 4.96. The van der Waals surface area contributed by atoms with Gasteiger partial charge in [0.05, 0.1) is 11.9 Å². The SMILES string of the molecule is CCC(C)(O)CNC(=O)CCCNC(=O)c1ccco1. The highest BCUT2D eigenvalue weighted by Gasteiger charge is 2.18. The largest absolute Gasteiger partial charge is 0.459 e. The van der Waals surface area contributed by atoms with E-state index in [9.17, 15) is 14.7 Å². The van der Waals surface area contributed by atoms with Gasteiger partial charge in [0.15, 0.2) is 5.76 Å². The van der Waals surface area contributed by atoms with Gasteiger partial charge in [0, 0.05) is 19.5 Å². The number of carbonyl (C=O) groups excluding carboxylic acids is 2. The molecule has 20 heavy (non-hydrogen) atoms. The van der Waals surface area contributed by atoms with Crippen LogP contribution in [0.1, 0.15) is 43.7 Å². The predicted molar refractivity (Wildman–Crippen MR) is 74.2 cm³/mol. The Balaban J connectivity index is 2.12. The molecule has 1 aromatic heterocycles. The van der Waals surface area contributed by atoms with E-state index in [1.807, 2.05) is 6.92 Å². The molecule has 1 unspecified atom stereocenters. The van der Waals surface area contributed by atoms with Crippen molar-refractivity contribution in [3.8, 4) is 0 Å². The van der Waals surface area contributed by atoms with Crippen molar-refractivity contribution in [2.75, 3.05) is 13.1 Å². The standard InChI is InChI=1S/C14H22N2O4/c1-3-14(2,19)10-16-12(17)7-4-8-15-13(18)11-6-5-9-20-11/h5-6,9,19H,3-4,7-8,10H2,1-2H3,(H,15,18)(H,16,17). The van der Waals surface area contributed by atoms with Gasteiger partial charge in [-0.25, -0.2) is 0 Å². The third-order valence-corrected chi connectivity index (χ3v) is 3.04. The van der Waals surface area contributed by atoms with Gasteiger partial charge in [-0.1, -0.05) is 6.92 Å². The lowest BCUT2D eigenvalue weighted by molar-refractivity contribution is -0.122. The molecule has 0 aromatic carbocycles. The zero-order valence-corrected chi connectivity index (χ0v) is 11.9. The molecule has 1 aromatic rings. The van der Waals surface area contributed by atoms with Crippen molar-refractivity contribution >= 4 is 11.8 Å². The summed E-state index contributed by atoms with van der Waals surface area (Å²) in [4.78, 5) is 23.0. The summed E-state index contributed by atoms with van der Waals surface area (Å²) in [6, 6.07) is 3.22. The van der Waals surface area contributed by atoms with E-state index in [2.05, 4.69) is 10.6 Å². The lowest BCUT2D eigenvalue weighted by atomic mass is 10.0. The number of carbonyl (C=O) groups is 2. The molecule has 112 valence electrons. The molecule has 1 atom stereocenters. The molecule has 0 saturated carbocycles. The second-order valence-electron chi connectivity index (χ2n) is 4.96. The van der Waals surface area contributed by atoms with Crippen LogP contribution in [0.15, 0.2) is 22.8 Å². The van der Waals surface area contributed by atoms with Gasteiger partial charge in [0.2, 0.25) is 5.91 Å². The third-order valence-electron chi connectivity index (χ3n) is 3.04. The van der Waals surface area contributed by atoms with E-state index in [1.165, 1.54) is 6.26 Å². The Bertz CT molecular complexity index is 426. The summed E-state index contributed by atoms with van der Waals surface area (Å²) in [5, 5.41) is 15.1. The first-order valence-electron chi connectivity index (χ1n) is 6.75. The van der Waals surface area contributed by atoms with Crippen LogP contribution in [-0.2, 0) is 4.79 Å². The van der Waals surface area contributed by atoms with Gasteiger partial charge in [0.1, 0.15) is 0 Å². The summed E-state index contributed by atoms with van der Waals surface area (Å²) >= 11 is 0. The van der Waals surface area contributed by atoms with Gasteiger partial charge in [-0.15, -0.1) is 0 Å². The highest BCUT2D eigenvalue weighted by molar-refractivity contribution is 5.91. The molecular weight excluding hydrogens is 260 g/mol. The highest BCUT2D eigenvalue weighted by atomic mass is 16.3. The first-order valence-corrected chi connectivity index (χ1v) is 6.75. The highest BCUT2D eigenvalue weighted by Crippen LogP contribution is 2.06. The topological polar surface area (TPSA) is 91.6 Å². The van der Waals surface area contributed by atoms with Gasteiger partial charge < -0.3 is 20.2 Å². The third kappa shape index (κ3) is 5.88. The minimum atomic E-state index is -0.872. The average Bonchev–Trinajstić information content (AvgIpc) is 2.95. The average molecular weight is 282 g/mol. The monoisotopic (exact) mass is 282 g/mol. The van der Waals surface area contributed by atoms with Gasteiger partial charge in [0.25, 0.3) is 5.91 Å². The lowest BCUT2D eigenvalue weighted by Crippen LogP contribution is -2.40. The summed E-state index contributed by atoms with van der Waals surface area (Å²) in [6.07, 6.45) is 2.85. The van der Waals surface area contributed by atoms with Gasteiger partial charge in [-0.3, -0.25) is 9.59 Å². The molecule has 0 aliphatic heterocycles. The predicted octanol–water partition coefficient (Wildman–Crippen LogP) is 1.07. The summed E-state index contributed by atoms with van der Waals surface area (Å²) in [6.45, 7) is 4.17. The van der Waals surface area contributed by atoms with Crippen LogP contribution < -0.4 is 10.6 Å². The van der Waals surface area contributed by atoms with Crippen LogP contribution in [-0.4, -0.2) is 35.6 Å². The van der Waals surface area contributed by atoms with E-state index in [-0.39, 0.29) is 24.1 Å². The molecule has 1 heterocycles. The second kappa shape index (κ2) is 7.69. The first kappa shape index (κ1) is 16.2. The van der Waals surface area contributed by atoms with Crippen LogP contribution in [0.25, 0.3) is 0 Å². The molecule has 0 aliphatic carbocycles. The minimum Gasteiger partial charge on any atom is -0.459 e. The Morgan fingerprint density at radius 1 is 1.40 bits per heavy atom. The molecule has 2 amide bonds. The molecule has 3 N–H and O–H groups in total. The molecule has 0 spiro atoms. The Morgan fingerprint density at radius 3 is 2.75 bits per heavy atom. The zero-order chi connectivity index (χ0) is 15.0. The molecule has 0 aliphatic rings. The van der Waals surface area contributed by atoms with Crippen molar-refractivity contribution in [1.82, 2.24) is 10.6 Å². The van der Waals surface area contributed by atoms with Gasteiger partial charge in [-0.2, -0.15) is 0 Å². The summed E-state index contributed by atoms with van der Waals surface area (Å²) in [5.74, 6) is -0.163. The molecule has 0 radical (unpaired) electrons. The molecule has 6 nitrogen and oxygen atoms in total. The number of nitrogens with one attached hydrogen (secondary N) is 2. The van der Waals surface area contributed by atoms with Gasteiger partial charge in [-0.05, 0) is 31.9 Å². The fourth-order valence-corrected chi connectivity index (χ4v) is 1.45. The van der Waals surface area contributed by atoms with E-state index in [4.69, 9.17) is 4.42 Å². The molecule has 1 rings (SSSR count). The van der Waals surface area contributed by atoms with E-state index < -0.39 is 5.60 Å². The number of rotatable bonds is 8. The molecule has 6 heteroatoms. The van der Waals surface area contributed by atoms with Crippen molar-refractivity contribution < 1.29 is 19.1 Å². The maximum Gasteiger partial charge on any atom is 0.286 e. The van der Waals surface area contributed by atoms with E-state index in [0.29, 0.717) is 25.8 Å². The number of hydrogen-bond acceptors (Lipinski definition) is 4. The number of furan rings is 1. The molecule has 0 fully saturated rings. The van der Waals surface area contributed by atoms with Crippen molar-refractivity contribution in [1.29, 1.82) is 0 Å². The number of hydrogen-bond donors (Lipinski definition) is 3. The first-order chi connectivity index (χ1) is 9.44. The summed E-state index contributed by atoms with van der Waals surface area (Å²) in [7, 11) is 0. The molecular formula is C14H22N2O4. The Morgan fingerprint density at radius 2 is 2.15 bits per heavy atom. The summed E-state index contributed by atoms with van der Waals surface area (Å²) < 4.78 is 4.94. The fraction of sp³-hybridized carbons (Fsp3) is 0.571. The Kier molecular flexibility index (Phi) is 6.24.